The molecule has 0 aliphatic rings. The minimum absolute atomic E-state index is 0.235. The molecule has 0 bridgehead atoms. The van der Waals surface area contributed by atoms with E-state index in [2.05, 4.69) is 24.0 Å². The van der Waals surface area contributed by atoms with Crippen molar-refractivity contribution in [3.05, 3.63) is 72.3 Å². The first-order valence-corrected chi connectivity index (χ1v) is 6.10. The van der Waals surface area contributed by atoms with Crippen LogP contribution in [0.2, 0.25) is 0 Å². The van der Waals surface area contributed by atoms with Crippen molar-refractivity contribution in [2.45, 2.75) is 6.92 Å². The molecule has 0 radical (unpaired) electrons. The van der Waals surface area contributed by atoms with Crippen LogP contribution in [0.4, 0.5) is 4.39 Å². The standard InChI is InChI=1S/C16H13FN2/c1-12-3-2-4-13(11-12)16-18-9-10-19(16)15-7-5-14(17)6-8-15/h2-11H,1H3. The summed E-state index contributed by atoms with van der Waals surface area (Å²) >= 11 is 0. The van der Waals surface area contributed by atoms with E-state index in [1.54, 1.807) is 18.3 Å². The normalized spacial score (nSPS) is 10.6. The van der Waals surface area contributed by atoms with Gasteiger partial charge in [0.25, 0.3) is 0 Å². The van der Waals surface area contributed by atoms with Crippen molar-refractivity contribution >= 4 is 0 Å². The van der Waals surface area contributed by atoms with Crippen molar-refractivity contribution in [1.82, 2.24) is 9.55 Å². The van der Waals surface area contributed by atoms with Gasteiger partial charge in [-0.1, -0.05) is 23.8 Å². The number of halogens is 1. The fraction of sp³-hybridized carbons (Fsp3) is 0.0625. The van der Waals surface area contributed by atoms with Gasteiger partial charge in [0.05, 0.1) is 0 Å². The third-order valence-electron chi connectivity index (χ3n) is 3.02. The van der Waals surface area contributed by atoms with Crippen molar-refractivity contribution in [2.75, 3.05) is 0 Å². The van der Waals surface area contributed by atoms with E-state index >= 15 is 0 Å². The second-order valence-electron chi connectivity index (χ2n) is 4.47. The van der Waals surface area contributed by atoms with Gasteiger partial charge in [-0.05, 0) is 37.3 Å². The molecular weight excluding hydrogens is 239 g/mol. The Morgan fingerprint density at radius 2 is 1.84 bits per heavy atom. The Bertz CT molecular complexity index is 699. The summed E-state index contributed by atoms with van der Waals surface area (Å²) in [4.78, 5) is 4.40. The molecule has 3 rings (SSSR count). The van der Waals surface area contributed by atoms with Crippen LogP contribution in [-0.2, 0) is 0 Å². The number of nitrogens with zero attached hydrogens (tertiary/aromatic N) is 2. The first-order valence-electron chi connectivity index (χ1n) is 6.10. The van der Waals surface area contributed by atoms with E-state index in [1.165, 1.54) is 17.7 Å². The summed E-state index contributed by atoms with van der Waals surface area (Å²) < 4.78 is 14.9. The van der Waals surface area contributed by atoms with E-state index in [1.807, 2.05) is 22.9 Å². The van der Waals surface area contributed by atoms with Crippen LogP contribution in [0.1, 0.15) is 5.56 Å². The van der Waals surface area contributed by atoms with Gasteiger partial charge in [-0.25, -0.2) is 9.37 Å². The molecule has 0 N–H and O–H groups in total. The molecule has 94 valence electrons. The van der Waals surface area contributed by atoms with Gasteiger partial charge in [-0.15, -0.1) is 0 Å². The van der Waals surface area contributed by atoms with Gasteiger partial charge in [-0.2, -0.15) is 0 Å². The Morgan fingerprint density at radius 1 is 1.05 bits per heavy atom. The third-order valence-corrected chi connectivity index (χ3v) is 3.02. The van der Waals surface area contributed by atoms with E-state index in [4.69, 9.17) is 0 Å². The molecule has 0 saturated carbocycles. The molecule has 0 aliphatic carbocycles. The molecule has 0 aliphatic heterocycles. The highest BCUT2D eigenvalue weighted by Gasteiger charge is 2.07. The number of hydrogen-bond acceptors (Lipinski definition) is 1. The molecule has 1 aromatic heterocycles. The van der Waals surface area contributed by atoms with Crippen LogP contribution in [0.3, 0.4) is 0 Å². The van der Waals surface area contributed by atoms with Gasteiger partial charge in [0, 0.05) is 23.6 Å². The smallest absolute Gasteiger partial charge is 0.144 e. The van der Waals surface area contributed by atoms with Gasteiger partial charge < -0.3 is 0 Å². The number of imidazole rings is 1. The fourth-order valence-electron chi connectivity index (χ4n) is 2.11. The molecule has 0 fully saturated rings. The Hall–Kier alpha value is -2.42. The van der Waals surface area contributed by atoms with E-state index in [0.717, 1.165) is 17.1 Å². The number of aromatic nitrogens is 2. The van der Waals surface area contributed by atoms with Crippen molar-refractivity contribution in [2.24, 2.45) is 0 Å². The zero-order chi connectivity index (χ0) is 13.2. The lowest BCUT2D eigenvalue weighted by molar-refractivity contribution is 0.627. The second kappa shape index (κ2) is 4.69. The van der Waals surface area contributed by atoms with Gasteiger partial charge in [0.2, 0.25) is 0 Å². The van der Waals surface area contributed by atoms with Crippen LogP contribution >= 0.6 is 0 Å². The topological polar surface area (TPSA) is 17.8 Å². The summed E-state index contributed by atoms with van der Waals surface area (Å²) in [5, 5.41) is 0. The van der Waals surface area contributed by atoms with E-state index in [0.29, 0.717) is 0 Å². The first kappa shape index (κ1) is 11.7. The van der Waals surface area contributed by atoms with Crippen LogP contribution in [0, 0.1) is 12.7 Å². The zero-order valence-corrected chi connectivity index (χ0v) is 10.5. The maximum atomic E-state index is 13.0. The quantitative estimate of drug-likeness (QED) is 0.674. The van der Waals surface area contributed by atoms with Crippen LogP contribution in [0.5, 0.6) is 0 Å². The molecule has 1 heterocycles. The van der Waals surface area contributed by atoms with E-state index < -0.39 is 0 Å². The molecule has 3 heteroatoms. The predicted octanol–water partition coefficient (Wildman–Crippen LogP) is 3.99. The Balaban J connectivity index is 2.10. The van der Waals surface area contributed by atoms with E-state index in [-0.39, 0.29) is 5.82 Å². The maximum Gasteiger partial charge on any atom is 0.144 e. The summed E-state index contributed by atoms with van der Waals surface area (Å²) in [5.41, 5.74) is 3.14. The average molecular weight is 252 g/mol. The lowest BCUT2D eigenvalue weighted by Crippen LogP contribution is -1.96. The molecule has 2 nitrogen and oxygen atoms in total. The summed E-state index contributed by atoms with van der Waals surface area (Å²) in [6.07, 6.45) is 3.63. The largest absolute Gasteiger partial charge is 0.300 e. The fourth-order valence-corrected chi connectivity index (χ4v) is 2.11. The molecule has 19 heavy (non-hydrogen) atoms. The van der Waals surface area contributed by atoms with Crippen LogP contribution in [-0.4, -0.2) is 9.55 Å². The molecule has 2 aromatic carbocycles. The number of rotatable bonds is 2. The van der Waals surface area contributed by atoms with Crippen molar-refractivity contribution in [3.8, 4) is 17.1 Å². The zero-order valence-electron chi connectivity index (χ0n) is 10.5. The Kier molecular flexibility index (Phi) is 2.88. The van der Waals surface area contributed by atoms with Crippen molar-refractivity contribution in [1.29, 1.82) is 0 Å². The van der Waals surface area contributed by atoms with Gasteiger partial charge >= 0.3 is 0 Å². The molecule has 0 spiro atoms. The highest BCUT2D eigenvalue weighted by atomic mass is 19.1. The Labute approximate surface area is 111 Å². The van der Waals surface area contributed by atoms with E-state index in [9.17, 15) is 4.39 Å². The highest BCUT2D eigenvalue weighted by molar-refractivity contribution is 5.59. The number of benzene rings is 2. The summed E-state index contributed by atoms with van der Waals surface area (Å²) in [6.45, 7) is 2.05. The number of hydrogen-bond donors (Lipinski definition) is 0. The summed E-state index contributed by atoms with van der Waals surface area (Å²) in [5.74, 6) is 0.622. The Morgan fingerprint density at radius 3 is 2.58 bits per heavy atom. The van der Waals surface area contributed by atoms with Gasteiger partial charge in [-0.3, -0.25) is 4.57 Å². The summed E-state index contributed by atoms with van der Waals surface area (Å²) in [6, 6.07) is 14.6. The SMILES string of the molecule is Cc1cccc(-c2nccn2-c2ccc(F)cc2)c1. The third kappa shape index (κ3) is 2.27. The molecular formula is C16H13FN2. The average Bonchev–Trinajstić information content (AvgIpc) is 2.89. The van der Waals surface area contributed by atoms with Crippen LogP contribution in [0.25, 0.3) is 17.1 Å². The lowest BCUT2D eigenvalue weighted by atomic mass is 10.1. The molecule has 3 aromatic rings. The summed E-state index contributed by atoms with van der Waals surface area (Å²) in [7, 11) is 0. The van der Waals surface area contributed by atoms with Gasteiger partial charge in [0.1, 0.15) is 11.6 Å². The van der Waals surface area contributed by atoms with Crippen LogP contribution < -0.4 is 0 Å². The number of aryl methyl sites for hydroxylation is 1. The predicted molar refractivity (Wildman–Crippen MR) is 73.7 cm³/mol. The van der Waals surface area contributed by atoms with Crippen molar-refractivity contribution in [3.63, 3.8) is 0 Å². The molecule has 0 atom stereocenters. The molecule has 0 amide bonds. The van der Waals surface area contributed by atoms with Crippen LogP contribution in [0.15, 0.2) is 60.9 Å². The van der Waals surface area contributed by atoms with Crippen molar-refractivity contribution < 1.29 is 4.39 Å². The minimum atomic E-state index is -0.235. The lowest BCUT2D eigenvalue weighted by Gasteiger charge is -2.08. The first-order chi connectivity index (χ1) is 9.24. The molecule has 0 saturated heterocycles. The monoisotopic (exact) mass is 252 g/mol. The highest BCUT2D eigenvalue weighted by Crippen LogP contribution is 2.22. The maximum absolute atomic E-state index is 13.0. The second-order valence-corrected chi connectivity index (χ2v) is 4.47. The minimum Gasteiger partial charge on any atom is -0.300 e. The molecule has 0 unspecified atom stereocenters. The van der Waals surface area contributed by atoms with Gasteiger partial charge in [0.15, 0.2) is 0 Å².